The molecule has 0 saturated carbocycles. The molecule has 6 heteroatoms. The summed E-state index contributed by atoms with van der Waals surface area (Å²) in [7, 11) is 0.892. The lowest BCUT2D eigenvalue weighted by molar-refractivity contribution is -0.120. The second-order valence-electron chi connectivity index (χ2n) is 7.71. The molecule has 1 rings (SSSR count). The summed E-state index contributed by atoms with van der Waals surface area (Å²) >= 11 is 0. The van der Waals surface area contributed by atoms with Gasteiger partial charge in [0.05, 0.1) is 18.9 Å². The van der Waals surface area contributed by atoms with Crippen molar-refractivity contribution in [1.82, 2.24) is 4.98 Å². The number of ether oxygens (including phenoxy) is 1. The van der Waals surface area contributed by atoms with Crippen LogP contribution in [0.4, 0.5) is 0 Å². The van der Waals surface area contributed by atoms with Crippen LogP contribution in [0.2, 0.25) is 5.04 Å². The Morgan fingerprint density at radius 2 is 2.00 bits per heavy atom. The van der Waals surface area contributed by atoms with E-state index in [4.69, 9.17) is 14.9 Å². The van der Waals surface area contributed by atoms with E-state index in [-0.39, 0.29) is 23.3 Å². The lowest BCUT2D eigenvalue weighted by Crippen LogP contribution is -2.40. The third-order valence-corrected chi connectivity index (χ3v) is 5.62. The van der Waals surface area contributed by atoms with Crippen LogP contribution >= 0.6 is 0 Å². The highest BCUT2D eigenvalue weighted by Gasteiger charge is 2.33. The first-order chi connectivity index (χ1) is 10.5. The van der Waals surface area contributed by atoms with Gasteiger partial charge >= 0.3 is 0 Å². The number of carbonyl (C=O) groups is 1. The summed E-state index contributed by atoms with van der Waals surface area (Å²) in [6, 6.07) is 1.92. The van der Waals surface area contributed by atoms with Gasteiger partial charge in [-0.1, -0.05) is 20.8 Å². The van der Waals surface area contributed by atoms with Gasteiger partial charge in [0.1, 0.15) is 5.75 Å². The Labute approximate surface area is 141 Å². The van der Waals surface area contributed by atoms with Gasteiger partial charge in [-0.2, -0.15) is 0 Å². The number of nitrogens with zero attached hydrogens (tertiary/aromatic N) is 1. The van der Waals surface area contributed by atoms with E-state index in [0.29, 0.717) is 6.42 Å². The van der Waals surface area contributed by atoms with E-state index < -0.39 is 15.4 Å². The first kappa shape index (κ1) is 19.6. The highest BCUT2D eigenvalue weighted by molar-refractivity contribution is 6.31. The van der Waals surface area contributed by atoms with Gasteiger partial charge in [0, 0.05) is 12.6 Å². The molecule has 1 atom stereocenters. The van der Waals surface area contributed by atoms with Crippen LogP contribution in [0.15, 0.2) is 18.5 Å². The average molecular weight is 339 g/mol. The second kappa shape index (κ2) is 7.92. The molecule has 0 saturated heterocycles. The Morgan fingerprint density at radius 1 is 1.35 bits per heavy atom. The van der Waals surface area contributed by atoms with E-state index in [1.807, 2.05) is 19.9 Å². The van der Waals surface area contributed by atoms with E-state index >= 15 is 0 Å². The minimum atomic E-state index is -0.731. The van der Waals surface area contributed by atoms with Gasteiger partial charge in [-0.15, -0.1) is 0 Å². The van der Waals surface area contributed by atoms with Crippen LogP contribution in [-0.4, -0.2) is 33.4 Å². The number of methoxy groups -OCH3 is 1. The predicted molar refractivity (Wildman–Crippen MR) is 95.2 cm³/mol. The van der Waals surface area contributed by atoms with E-state index in [1.54, 1.807) is 19.5 Å². The molecule has 23 heavy (non-hydrogen) atoms. The van der Waals surface area contributed by atoms with Gasteiger partial charge in [-0.25, -0.2) is 0 Å². The third kappa shape index (κ3) is 6.70. The van der Waals surface area contributed by atoms with Crippen molar-refractivity contribution in [3.8, 4) is 5.75 Å². The van der Waals surface area contributed by atoms with E-state index in [0.717, 1.165) is 11.3 Å². The average Bonchev–Trinajstić information content (AvgIpc) is 2.44. The highest BCUT2D eigenvalue weighted by Crippen LogP contribution is 2.33. The molecular formula is C17H30N2O3Si. The normalized spacial score (nSPS) is 14.2. The molecule has 1 heterocycles. The summed E-state index contributed by atoms with van der Waals surface area (Å²) in [5.74, 6) is 0.411. The number of amides is 1. The van der Waals surface area contributed by atoms with Gasteiger partial charge in [0.2, 0.25) is 5.91 Å². The van der Waals surface area contributed by atoms with Gasteiger partial charge in [0.25, 0.3) is 0 Å². The zero-order valence-corrected chi connectivity index (χ0v) is 16.6. The van der Waals surface area contributed by atoms with Crippen molar-refractivity contribution in [3.63, 3.8) is 0 Å². The Morgan fingerprint density at radius 3 is 2.52 bits per heavy atom. The molecule has 0 aromatic carbocycles. The second-order valence-corrected chi connectivity index (χ2v) is 10.4. The smallest absolute Gasteiger partial charge is 0.217 e. The van der Waals surface area contributed by atoms with Crippen molar-refractivity contribution < 1.29 is 14.0 Å². The number of nitrogens with two attached hydrogens (primary N) is 1. The molecule has 0 radical (unpaired) electrons. The van der Waals surface area contributed by atoms with Crippen molar-refractivity contribution in [2.45, 2.75) is 58.1 Å². The zero-order chi connectivity index (χ0) is 17.7. The van der Waals surface area contributed by atoms with Crippen LogP contribution in [0.5, 0.6) is 5.75 Å². The first-order valence-corrected chi connectivity index (χ1v) is 9.23. The van der Waals surface area contributed by atoms with Gasteiger partial charge in [-0.05, 0) is 42.9 Å². The van der Waals surface area contributed by atoms with Crippen LogP contribution in [0.1, 0.15) is 46.6 Å². The largest absolute Gasteiger partial charge is 0.495 e. The van der Waals surface area contributed by atoms with Crippen molar-refractivity contribution in [1.29, 1.82) is 0 Å². The van der Waals surface area contributed by atoms with Gasteiger partial charge < -0.3 is 14.9 Å². The summed E-state index contributed by atoms with van der Waals surface area (Å²) in [5, 5.41) is 0.197. The predicted octanol–water partition coefficient (Wildman–Crippen LogP) is 2.22. The fourth-order valence-electron chi connectivity index (χ4n) is 2.35. The molecule has 1 aromatic rings. The lowest BCUT2D eigenvalue weighted by Gasteiger charge is -2.37. The minimum absolute atomic E-state index is 0.00819. The Bertz CT molecular complexity index is 527. The summed E-state index contributed by atoms with van der Waals surface area (Å²) in [5.41, 5.74) is 6.07. The number of carbonyl (C=O) groups excluding carboxylic acids is 1. The maximum atomic E-state index is 11.5. The fourth-order valence-corrected chi connectivity index (χ4v) is 3.39. The Balaban J connectivity index is 2.96. The number of primary amides is 1. The summed E-state index contributed by atoms with van der Waals surface area (Å²) in [6.07, 6.45) is 4.38. The zero-order valence-electron chi connectivity index (χ0n) is 15.2. The van der Waals surface area contributed by atoms with E-state index in [1.165, 1.54) is 0 Å². The third-order valence-electron chi connectivity index (χ3n) is 3.86. The highest BCUT2D eigenvalue weighted by atomic mass is 28.2. The van der Waals surface area contributed by atoms with Crippen molar-refractivity contribution >= 4 is 15.7 Å². The molecule has 0 aliphatic heterocycles. The lowest BCUT2D eigenvalue weighted by atomic mass is 9.83. The quantitative estimate of drug-likeness (QED) is 0.738. The fraction of sp³-hybridized carbons (Fsp3) is 0.647. The Kier molecular flexibility index (Phi) is 6.77. The van der Waals surface area contributed by atoms with Crippen LogP contribution < -0.4 is 10.5 Å². The molecule has 0 bridgehead atoms. The number of hydrogen-bond acceptors (Lipinski definition) is 4. The van der Waals surface area contributed by atoms with Crippen molar-refractivity contribution in [3.05, 3.63) is 24.0 Å². The summed E-state index contributed by atoms with van der Waals surface area (Å²) in [4.78, 5) is 15.6. The summed E-state index contributed by atoms with van der Waals surface area (Å²) < 4.78 is 11.6. The SMILES string of the molecule is COc1cnccc1CC(CC(N)=O)C(C)(C)O[SiH2]C(C)(C)C. The molecule has 0 fully saturated rings. The molecule has 0 aliphatic rings. The Hall–Kier alpha value is -1.40. The van der Waals surface area contributed by atoms with E-state index in [9.17, 15) is 4.79 Å². The van der Waals surface area contributed by atoms with Crippen molar-refractivity contribution in [2.24, 2.45) is 11.7 Å². The van der Waals surface area contributed by atoms with E-state index in [2.05, 4.69) is 25.8 Å². The van der Waals surface area contributed by atoms with Gasteiger partial charge in [-0.3, -0.25) is 9.78 Å². The number of pyridine rings is 1. The van der Waals surface area contributed by atoms with Crippen LogP contribution in [0, 0.1) is 5.92 Å². The molecule has 0 aliphatic carbocycles. The number of hydrogen-bond donors (Lipinski definition) is 1. The van der Waals surface area contributed by atoms with Gasteiger partial charge in [0.15, 0.2) is 9.76 Å². The minimum Gasteiger partial charge on any atom is -0.495 e. The van der Waals surface area contributed by atoms with Crippen molar-refractivity contribution in [2.75, 3.05) is 7.11 Å². The molecule has 2 N–H and O–H groups in total. The molecular weight excluding hydrogens is 308 g/mol. The molecule has 130 valence electrons. The first-order valence-electron chi connectivity index (χ1n) is 7.94. The maximum Gasteiger partial charge on any atom is 0.217 e. The number of aromatic nitrogens is 1. The molecule has 1 unspecified atom stereocenters. The standard InChI is InChI=1S/C17H30N2O3Si/c1-16(2,3)23-22-17(4,5)13(10-15(18)20)9-12-7-8-19-11-14(12)21-6/h7-8,11,13H,9-10,23H2,1-6H3,(H2,18,20). The summed E-state index contributed by atoms with van der Waals surface area (Å²) in [6.45, 7) is 10.7. The van der Waals surface area contributed by atoms with Crippen LogP contribution in [0.25, 0.3) is 0 Å². The molecule has 0 spiro atoms. The number of rotatable bonds is 8. The molecule has 5 nitrogen and oxygen atoms in total. The maximum absolute atomic E-state index is 11.5. The monoisotopic (exact) mass is 338 g/mol. The molecule has 1 aromatic heterocycles. The topological polar surface area (TPSA) is 74.4 Å². The van der Waals surface area contributed by atoms with Crippen LogP contribution in [0.3, 0.4) is 0 Å². The van der Waals surface area contributed by atoms with Crippen LogP contribution in [-0.2, 0) is 15.6 Å². The molecule has 1 amide bonds.